The van der Waals surface area contributed by atoms with Crippen LogP contribution in [0.2, 0.25) is 0 Å². The fourth-order valence-electron chi connectivity index (χ4n) is 2.19. The highest BCUT2D eigenvalue weighted by Gasteiger charge is 2.17. The van der Waals surface area contributed by atoms with E-state index in [9.17, 15) is 9.59 Å². The molecule has 1 aromatic carbocycles. The van der Waals surface area contributed by atoms with Crippen molar-refractivity contribution in [2.45, 2.75) is 26.2 Å². The van der Waals surface area contributed by atoms with Gasteiger partial charge < -0.3 is 9.64 Å². The third kappa shape index (κ3) is 4.09. The Bertz CT molecular complexity index is 447. The van der Waals surface area contributed by atoms with E-state index in [0.717, 1.165) is 31.5 Å². The number of rotatable bonds is 5. The van der Waals surface area contributed by atoms with Gasteiger partial charge in [0, 0.05) is 19.5 Å². The summed E-state index contributed by atoms with van der Waals surface area (Å²) < 4.78 is 5.46. The van der Waals surface area contributed by atoms with E-state index >= 15 is 0 Å². The molecule has 1 heterocycles. The standard InChI is InChI=1S/C15H19NO3/c1-12(17)10-13-4-6-14(7-5-13)19-11-15(18)16-8-2-3-9-16/h4-7H,2-3,8-11H2,1H3. The Morgan fingerprint density at radius 3 is 2.37 bits per heavy atom. The first-order chi connectivity index (χ1) is 9.15. The molecule has 2 rings (SSSR count). The second kappa shape index (κ2) is 6.36. The zero-order valence-corrected chi connectivity index (χ0v) is 11.2. The summed E-state index contributed by atoms with van der Waals surface area (Å²) in [6.07, 6.45) is 2.62. The zero-order valence-electron chi connectivity index (χ0n) is 11.2. The average Bonchev–Trinajstić information content (AvgIpc) is 2.91. The molecule has 0 aromatic heterocycles. The largest absolute Gasteiger partial charge is 0.484 e. The molecular formula is C15H19NO3. The fourth-order valence-corrected chi connectivity index (χ4v) is 2.19. The minimum Gasteiger partial charge on any atom is -0.484 e. The molecule has 102 valence electrons. The minimum atomic E-state index is 0.0466. The number of ketones is 1. The van der Waals surface area contributed by atoms with Crippen LogP contribution in [0.15, 0.2) is 24.3 Å². The van der Waals surface area contributed by atoms with Crippen LogP contribution in [0.3, 0.4) is 0 Å². The summed E-state index contributed by atoms with van der Waals surface area (Å²) in [5.41, 5.74) is 0.964. The quantitative estimate of drug-likeness (QED) is 0.812. The molecule has 19 heavy (non-hydrogen) atoms. The number of carbonyl (C=O) groups excluding carboxylic acids is 2. The highest BCUT2D eigenvalue weighted by molar-refractivity contribution is 5.78. The molecule has 0 spiro atoms. The maximum absolute atomic E-state index is 11.8. The van der Waals surface area contributed by atoms with E-state index in [1.165, 1.54) is 0 Å². The molecule has 1 fully saturated rings. The maximum atomic E-state index is 11.8. The molecule has 1 aliphatic rings. The molecule has 1 saturated heterocycles. The first-order valence-corrected chi connectivity index (χ1v) is 6.64. The molecule has 0 atom stereocenters. The molecule has 4 nitrogen and oxygen atoms in total. The SMILES string of the molecule is CC(=O)Cc1ccc(OCC(=O)N2CCCC2)cc1. The van der Waals surface area contributed by atoms with Crippen molar-refractivity contribution in [1.82, 2.24) is 4.90 Å². The van der Waals surface area contributed by atoms with Gasteiger partial charge in [-0.25, -0.2) is 0 Å². The normalized spacial score (nSPS) is 14.5. The van der Waals surface area contributed by atoms with Gasteiger partial charge in [0.15, 0.2) is 6.61 Å². The molecule has 0 saturated carbocycles. The lowest BCUT2D eigenvalue weighted by Crippen LogP contribution is -2.32. The van der Waals surface area contributed by atoms with Gasteiger partial charge in [-0.1, -0.05) is 12.1 Å². The molecule has 0 unspecified atom stereocenters. The fraction of sp³-hybridized carbons (Fsp3) is 0.467. The van der Waals surface area contributed by atoms with Gasteiger partial charge in [-0.05, 0) is 37.5 Å². The van der Waals surface area contributed by atoms with Crippen molar-refractivity contribution < 1.29 is 14.3 Å². The molecule has 4 heteroatoms. The summed E-state index contributed by atoms with van der Waals surface area (Å²) in [6.45, 7) is 3.35. The van der Waals surface area contributed by atoms with E-state index in [1.807, 2.05) is 17.0 Å². The van der Waals surface area contributed by atoms with Gasteiger partial charge >= 0.3 is 0 Å². The van der Waals surface area contributed by atoms with Crippen LogP contribution in [-0.4, -0.2) is 36.3 Å². The van der Waals surface area contributed by atoms with E-state index in [2.05, 4.69) is 0 Å². The molecule has 0 aliphatic carbocycles. The summed E-state index contributed by atoms with van der Waals surface area (Å²) in [7, 11) is 0. The van der Waals surface area contributed by atoms with Crippen LogP contribution in [0.5, 0.6) is 5.75 Å². The molecule has 1 aromatic rings. The van der Waals surface area contributed by atoms with E-state index in [0.29, 0.717) is 12.2 Å². The predicted octanol–water partition coefficient (Wildman–Crippen LogP) is 1.82. The smallest absolute Gasteiger partial charge is 0.260 e. The topological polar surface area (TPSA) is 46.6 Å². The first kappa shape index (κ1) is 13.6. The zero-order chi connectivity index (χ0) is 13.7. The lowest BCUT2D eigenvalue weighted by Gasteiger charge is -2.15. The van der Waals surface area contributed by atoms with E-state index in [4.69, 9.17) is 4.74 Å². The highest BCUT2D eigenvalue weighted by atomic mass is 16.5. The van der Waals surface area contributed by atoms with Crippen molar-refractivity contribution in [2.75, 3.05) is 19.7 Å². The molecule has 0 radical (unpaired) electrons. The number of carbonyl (C=O) groups is 2. The van der Waals surface area contributed by atoms with Gasteiger partial charge in [-0.2, -0.15) is 0 Å². The number of hydrogen-bond donors (Lipinski definition) is 0. The lowest BCUT2D eigenvalue weighted by molar-refractivity contribution is -0.132. The Kier molecular flexibility index (Phi) is 4.55. The van der Waals surface area contributed by atoms with Crippen molar-refractivity contribution in [3.05, 3.63) is 29.8 Å². The second-order valence-corrected chi connectivity index (χ2v) is 4.90. The number of Topliss-reactive ketones (excluding diaryl/α,β-unsaturated/α-hetero) is 1. The number of amides is 1. The van der Waals surface area contributed by atoms with Crippen molar-refractivity contribution >= 4 is 11.7 Å². The molecule has 0 bridgehead atoms. The van der Waals surface area contributed by atoms with Gasteiger partial charge in [-0.3, -0.25) is 9.59 Å². The van der Waals surface area contributed by atoms with Crippen LogP contribution in [0, 0.1) is 0 Å². The van der Waals surface area contributed by atoms with Crippen molar-refractivity contribution in [1.29, 1.82) is 0 Å². The van der Waals surface area contributed by atoms with Crippen LogP contribution >= 0.6 is 0 Å². The molecule has 1 aliphatic heterocycles. The van der Waals surface area contributed by atoms with Crippen molar-refractivity contribution in [3.63, 3.8) is 0 Å². The Hall–Kier alpha value is -1.84. The van der Waals surface area contributed by atoms with Crippen molar-refractivity contribution in [2.24, 2.45) is 0 Å². The number of ether oxygens (including phenoxy) is 1. The van der Waals surface area contributed by atoms with Crippen LogP contribution < -0.4 is 4.74 Å². The van der Waals surface area contributed by atoms with Gasteiger partial charge in [0.2, 0.25) is 0 Å². The van der Waals surface area contributed by atoms with E-state index in [1.54, 1.807) is 19.1 Å². The van der Waals surface area contributed by atoms with Gasteiger partial charge in [0.05, 0.1) is 0 Å². The van der Waals surface area contributed by atoms with Crippen molar-refractivity contribution in [3.8, 4) is 5.75 Å². The van der Waals surface area contributed by atoms with Crippen LogP contribution in [0.4, 0.5) is 0 Å². The molecule has 0 N–H and O–H groups in total. The van der Waals surface area contributed by atoms with Gasteiger partial charge in [-0.15, -0.1) is 0 Å². The number of nitrogens with zero attached hydrogens (tertiary/aromatic N) is 1. The summed E-state index contributed by atoms with van der Waals surface area (Å²) in [4.78, 5) is 24.6. The van der Waals surface area contributed by atoms with Crippen LogP contribution in [0.25, 0.3) is 0 Å². The van der Waals surface area contributed by atoms with Crippen LogP contribution in [-0.2, 0) is 16.0 Å². The Morgan fingerprint density at radius 1 is 1.16 bits per heavy atom. The van der Waals surface area contributed by atoms with Gasteiger partial charge in [0.25, 0.3) is 5.91 Å². The number of benzene rings is 1. The minimum absolute atomic E-state index is 0.0466. The average molecular weight is 261 g/mol. The summed E-state index contributed by atoms with van der Waals surface area (Å²) >= 11 is 0. The Morgan fingerprint density at radius 2 is 1.79 bits per heavy atom. The van der Waals surface area contributed by atoms with Crippen LogP contribution in [0.1, 0.15) is 25.3 Å². The van der Waals surface area contributed by atoms with E-state index < -0.39 is 0 Å². The summed E-state index contributed by atoms with van der Waals surface area (Å²) in [5, 5.41) is 0. The van der Waals surface area contributed by atoms with Gasteiger partial charge in [0.1, 0.15) is 11.5 Å². The monoisotopic (exact) mass is 261 g/mol. The third-order valence-electron chi connectivity index (χ3n) is 3.20. The second-order valence-electron chi connectivity index (χ2n) is 4.90. The number of hydrogen-bond acceptors (Lipinski definition) is 3. The highest BCUT2D eigenvalue weighted by Crippen LogP contribution is 2.14. The van der Waals surface area contributed by atoms with E-state index in [-0.39, 0.29) is 18.3 Å². The summed E-state index contributed by atoms with van der Waals surface area (Å²) in [6, 6.07) is 7.32. The predicted molar refractivity (Wildman–Crippen MR) is 72.1 cm³/mol. The Balaban J connectivity index is 1.82. The maximum Gasteiger partial charge on any atom is 0.260 e. The Labute approximate surface area is 113 Å². The molecule has 1 amide bonds. The first-order valence-electron chi connectivity index (χ1n) is 6.64. The third-order valence-corrected chi connectivity index (χ3v) is 3.20. The lowest BCUT2D eigenvalue weighted by atomic mass is 10.1. The molecular weight excluding hydrogens is 242 g/mol. The summed E-state index contributed by atoms with van der Waals surface area (Å²) in [5.74, 6) is 0.850. The number of likely N-dealkylation sites (tertiary alicyclic amines) is 1.